The van der Waals surface area contributed by atoms with Gasteiger partial charge in [-0.25, -0.2) is 8.42 Å². The van der Waals surface area contributed by atoms with Crippen LogP contribution in [0.5, 0.6) is 0 Å². The molecular formula is C17H23ClN2O5S. The number of anilines is 1. The monoisotopic (exact) mass is 402 g/mol. The van der Waals surface area contributed by atoms with Gasteiger partial charge < -0.3 is 14.8 Å². The first-order chi connectivity index (χ1) is 12.5. The Kier molecular flexibility index (Phi) is 6.52. The van der Waals surface area contributed by atoms with E-state index in [0.29, 0.717) is 56.6 Å². The molecule has 2 saturated heterocycles. The van der Waals surface area contributed by atoms with Crippen molar-refractivity contribution in [1.29, 1.82) is 0 Å². The van der Waals surface area contributed by atoms with Crippen molar-refractivity contribution in [2.75, 3.05) is 44.8 Å². The number of ether oxygens (including phenoxy) is 2. The molecule has 1 amide bonds. The van der Waals surface area contributed by atoms with Gasteiger partial charge in [-0.1, -0.05) is 11.6 Å². The van der Waals surface area contributed by atoms with Crippen LogP contribution in [-0.2, 0) is 24.3 Å². The summed E-state index contributed by atoms with van der Waals surface area (Å²) in [6.45, 7) is 2.73. The number of morpholine rings is 1. The predicted molar refractivity (Wildman–Crippen MR) is 97.8 cm³/mol. The summed E-state index contributed by atoms with van der Waals surface area (Å²) >= 11 is 6.16. The topological polar surface area (TPSA) is 84.9 Å². The van der Waals surface area contributed by atoms with E-state index in [-0.39, 0.29) is 16.7 Å². The highest BCUT2D eigenvalue weighted by Crippen LogP contribution is 2.28. The number of carbonyl (C=O) groups excluding carboxylic acids is 1. The molecule has 2 aliphatic rings. The van der Waals surface area contributed by atoms with Crippen LogP contribution in [0.2, 0.25) is 5.02 Å². The Bertz CT molecular complexity index is 744. The first kappa shape index (κ1) is 19.6. The molecule has 1 N–H and O–H groups in total. The first-order valence-corrected chi connectivity index (χ1v) is 10.5. The Morgan fingerprint density at radius 2 is 1.81 bits per heavy atom. The van der Waals surface area contributed by atoms with Gasteiger partial charge >= 0.3 is 0 Å². The molecular weight excluding hydrogens is 380 g/mol. The molecule has 0 radical (unpaired) electrons. The third-order valence-corrected chi connectivity index (χ3v) is 6.86. The van der Waals surface area contributed by atoms with Gasteiger partial charge in [0.25, 0.3) is 0 Å². The van der Waals surface area contributed by atoms with Crippen molar-refractivity contribution in [3.63, 3.8) is 0 Å². The van der Waals surface area contributed by atoms with Crippen LogP contribution in [0.15, 0.2) is 23.1 Å². The number of nitrogens with zero attached hydrogens (tertiary/aromatic N) is 1. The van der Waals surface area contributed by atoms with Crippen molar-refractivity contribution in [3.8, 4) is 0 Å². The van der Waals surface area contributed by atoms with Crippen molar-refractivity contribution in [2.24, 2.45) is 5.92 Å². The second-order valence-corrected chi connectivity index (χ2v) is 8.81. The third-order valence-electron chi connectivity index (χ3n) is 4.63. The maximum atomic E-state index is 12.8. The van der Waals surface area contributed by atoms with E-state index in [1.807, 2.05) is 0 Å². The van der Waals surface area contributed by atoms with E-state index in [1.165, 1.54) is 22.5 Å². The molecule has 0 unspecified atom stereocenters. The van der Waals surface area contributed by atoms with Crippen LogP contribution in [0.1, 0.15) is 19.3 Å². The summed E-state index contributed by atoms with van der Waals surface area (Å²) < 4.78 is 37.4. The number of sulfonamides is 1. The molecule has 2 heterocycles. The molecule has 0 aliphatic carbocycles. The van der Waals surface area contributed by atoms with Gasteiger partial charge in [-0.2, -0.15) is 4.31 Å². The lowest BCUT2D eigenvalue weighted by Gasteiger charge is -2.26. The smallest absolute Gasteiger partial charge is 0.243 e. The van der Waals surface area contributed by atoms with Crippen molar-refractivity contribution in [1.82, 2.24) is 4.31 Å². The fourth-order valence-electron chi connectivity index (χ4n) is 3.11. The number of nitrogens with one attached hydrogen (secondary N) is 1. The zero-order valence-corrected chi connectivity index (χ0v) is 16.0. The van der Waals surface area contributed by atoms with Crippen LogP contribution in [0.3, 0.4) is 0 Å². The standard InChI is InChI=1S/C17H23ClN2O5S/c18-15-2-1-14(26(22,23)20-5-9-25-10-6-20)12-16(15)19-17(21)11-13-3-7-24-8-4-13/h1-2,12-13H,3-11H2,(H,19,21). The highest BCUT2D eigenvalue weighted by molar-refractivity contribution is 7.89. The zero-order valence-electron chi connectivity index (χ0n) is 14.4. The normalized spacial score (nSPS) is 20.0. The SMILES string of the molecule is O=C(CC1CCOCC1)Nc1cc(S(=O)(=O)N2CCOCC2)ccc1Cl. The summed E-state index contributed by atoms with van der Waals surface area (Å²) in [4.78, 5) is 12.4. The quantitative estimate of drug-likeness (QED) is 0.815. The van der Waals surface area contributed by atoms with Crippen LogP contribution < -0.4 is 5.32 Å². The van der Waals surface area contributed by atoms with E-state index in [2.05, 4.69) is 5.32 Å². The summed E-state index contributed by atoms with van der Waals surface area (Å²) in [6.07, 6.45) is 2.08. The van der Waals surface area contributed by atoms with Crippen LogP contribution in [0.4, 0.5) is 5.69 Å². The molecule has 2 fully saturated rings. The molecule has 26 heavy (non-hydrogen) atoms. The zero-order chi connectivity index (χ0) is 18.6. The second-order valence-electron chi connectivity index (χ2n) is 6.47. The fourth-order valence-corrected chi connectivity index (χ4v) is 4.71. The highest BCUT2D eigenvalue weighted by Gasteiger charge is 2.27. The summed E-state index contributed by atoms with van der Waals surface area (Å²) in [5.41, 5.74) is 0.318. The maximum absolute atomic E-state index is 12.8. The van der Waals surface area contributed by atoms with Crippen molar-refractivity contribution >= 4 is 33.2 Å². The van der Waals surface area contributed by atoms with Gasteiger partial charge in [-0.05, 0) is 37.0 Å². The summed E-state index contributed by atoms with van der Waals surface area (Å²) in [5.74, 6) is 0.113. The van der Waals surface area contributed by atoms with E-state index >= 15 is 0 Å². The fraction of sp³-hybridized carbons (Fsp3) is 0.588. The first-order valence-electron chi connectivity index (χ1n) is 8.72. The third kappa shape index (κ3) is 4.75. The number of amides is 1. The Balaban J connectivity index is 1.71. The number of halogens is 1. The summed E-state index contributed by atoms with van der Waals surface area (Å²) in [5, 5.41) is 3.06. The van der Waals surface area contributed by atoms with E-state index in [9.17, 15) is 13.2 Å². The minimum atomic E-state index is -3.64. The van der Waals surface area contributed by atoms with Gasteiger partial charge in [-0.3, -0.25) is 4.79 Å². The molecule has 1 aromatic rings. The van der Waals surface area contributed by atoms with E-state index in [1.54, 1.807) is 0 Å². The molecule has 2 aliphatic heterocycles. The Morgan fingerprint density at radius 1 is 1.15 bits per heavy atom. The van der Waals surface area contributed by atoms with Gasteiger partial charge in [0, 0.05) is 32.7 Å². The van der Waals surface area contributed by atoms with Crippen LogP contribution in [-0.4, -0.2) is 58.1 Å². The number of rotatable bonds is 5. The van der Waals surface area contributed by atoms with E-state index < -0.39 is 10.0 Å². The average Bonchev–Trinajstić information content (AvgIpc) is 2.65. The largest absolute Gasteiger partial charge is 0.381 e. The van der Waals surface area contributed by atoms with Crippen molar-refractivity contribution < 1.29 is 22.7 Å². The molecule has 9 heteroatoms. The molecule has 0 bridgehead atoms. The summed E-state index contributed by atoms with van der Waals surface area (Å²) in [6, 6.07) is 4.38. The van der Waals surface area contributed by atoms with Crippen LogP contribution in [0.25, 0.3) is 0 Å². The molecule has 1 aromatic carbocycles. The number of hydrogen-bond acceptors (Lipinski definition) is 5. The van der Waals surface area contributed by atoms with Gasteiger partial charge in [0.2, 0.25) is 15.9 Å². The lowest BCUT2D eigenvalue weighted by Crippen LogP contribution is -2.40. The Morgan fingerprint density at radius 3 is 2.50 bits per heavy atom. The molecule has 0 saturated carbocycles. The lowest BCUT2D eigenvalue weighted by molar-refractivity contribution is -0.117. The number of hydrogen-bond donors (Lipinski definition) is 1. The number of carbonyl (C=O) groups is 1. The van der Waals surface area contributed by atoms with Crippen molar-refractivity contribution in [2.45, 2.75) is 24.2 Å². The van der Waals surface area contributed by atoms with Gasteiger partial charge in [0.15, 0.2) is 0 Å². The maximum Gasteiger partial charge on any atom is 0.243 e. The van der Waals surface area contributed by atoms with Gasteiger partial charge in [0.1, 0.15) is 0 Å². The highest BCUT2D eigenvalue weighted by atomic mass is 35.5. The molecule has 0 spiro atoms. The van der Waals surface area contributed by atoms with Crippen molar-refractivity contribution in [3.05, 3.63) is 23.2 Å². The molecule has 144 valence electrons. The number of benzene rings is 1. The van der Waals surface area contributed by atoms with Gasteiger partial charge in [0.05, 0.1) is 28.8 Å². The minimum Gasteiger partial charge on any atom is -0.381 e. The second kappa shape index (κ2) is 8.67. The minimum absolute atomic E-state index is 0.116. The van der Waals surface area contributed by atoms with E-state index in [4.69, 9.17) is 21.1 Å². The van der Waals surface area contributed by atoms with Crippen LogP contribution >= 0.6 is 11.6 Å². The predicted octanol–water partition coefficient (Wildman–Crippen LogP) is 2.12. The van der Waals surface area contributed by atoms with Crippen LogP contribution in [0, 0.1) is 5.92 Å². The lowest BCUT2D eigenvalue weighted by atomic mass is 9.96. The molecule has 3 rings (SSSR count). The Hall–Kier alpha value is -1.19. The molecule has 0 aromatic heterocycles. The van der Waals surface area contributed by atoms with Gasteiger partial charge in [-0.15, -0.1) is 0 Å². The molecule has 0 atom stereocenters. The molecule has 7 nitrogen and oxygen atoms in total. The average molecular weight is 403 g/mol. The summed E-state index contributed by atoms with van der Waals surface area (Å²) in [7, 11) is -3.64. The Labute approximate surface area is 158 Å². The van der Waals surface area contributed by atoms with E-state index in [0.717, 1.165) is 12.8 Å².